The Morgan fingerprint density at radius 3 is 2.74 bits per heavy atom. The number of anilines is 3. The highest BCUT2D eigenvalue weighted by Crippen LogP contribution is 2.21. The molecule has 0 aromatic carbocycles. The molecule has 8 heteroatoms. The number of rotatable bonds is 5. The Kier molecular flexibility index (Phi) is 4.63. The van der Waals surface area contributed by atoms with Crippen molar-refractivity contribution in [3.05, 3.63) is 46.0 Å². The fourth-order valence-electron chi connectivity index (χ4n) is 1.84. The number of nitrogens with zero attached hydrogens (tertiary/aromatic N) is 3. The van der Waals surface area contributed by atoms with Crippen molar-refractivity contribution in [3.8, 4) is 0 Å². The van der Waals surface area contributed by atoms with Gasteiger partial charge < -0.3 is 10.6 Å². The Hall–Kier alpha value is -2.32. The third kappa shape index (κ3) is 4.33. The van der Waals surface area contributed by atoms with Crippen LogP contribution in [0.25, 0.3) is 0 Å². The van der Waals surface area contributed by atoms with E-state index < -0.39 is 0 Å². The largest absolute Gasteiger partial charge is 0.316 e. The van der Waals surface area contributed by atoms with Crippen molar-refractivity contribution in [2.24, 2.45) is 0 Å². The van der Waals surface area contributed by atoms with Gasteiger partial charge in [-0.05, 0) is 25.5 Å². The Morgan fingerprint density at radius 2 is 2.04 bits per heavy atom. The fourth-order valence-corrected chi connectivity index (χ4v) is 3.24. The molecular weight excluding hydrogens is 330 g/mol. The summed E-state index contributed by atoms with van der Waals surface area (Å²) in [4.78, 5) is 25.8. The lowest BCUT2D eigenvalue weighted by atomic mass is 10.3. The highest BCUT2D eigenvalue weighted by atomic mass is 32.1. The van der Waals surface area contributed by atoms with E-state index >= 15 is 0 Å². The van der Waals surface area contributed by atoms with Crippen LogP contribution in [-0.4, -0.2) is 20.9 Å². The van der Waals surface area contributed by atoms with Gasteiger partial charge in [-0.1, -0.05) is 6.07 Å². The van der Waals surface area contributed by atoms with Crippen LogP contribution in [0.5, 0.6) is 0 Å². The molecule has 0 saturated heterocycles. The lowest BCUT2D eigenvalue weighted by molar-refractivity contribution is -0.115. The molecule has 0 aliphatic rings. The molecule has 1 amide bonds. The van der Waals surface area contributed by atoms with Crippen LogP contribution in [0.3, 0.4) is 0 Å². The first-order valence-electron chi connectivity index (χ1n) is 6.95. The summed E-state index contributed by atoms with van der Waals surface area (Å²) in [7, 11) is 0. The number of hydrogen-bond donors (Lipinski definition) is 2. The molecule has 3 aromatic rings. The van der Waals surface area contributed by atoms with Crippen molar-refractivity contribution in [2.75, 3.05) is 10.6 Å². The van der Waals surface area contributed by atoms with Gasteiger partial charge in [-0.2, -0.15) is 0 Å². The predicted octanol–water partition coefficient (Wildman–Crippen LogP) is 3.54. The predicted molar refractivity (Wildman–Crippen MR) is 93.6 cm³/mol. The number of carbonyl (C=O) groups is 1. The second kappa shape index (κ2) is 6.84. The van der Waals surface area contributed by atoms with E-state index in [0.29, 0.717) is 10.3 Å². The van der Waals surface area contributed by atoms with E-state index in [1.54, 1.807) is 12.4 Å². The number of carbonyl (C=O) groups excluding carboxylic acids is 1. The first kappa shape index (κ1) is 15.6. The van der Waals surface area contributed by atoms with Crippen LogP contribution in [-0.2, 0) is 11.2 Å². The van der Waals surface area contributed by atoms with Gasteiger partial charge in [0.1, 0.15) is 5.82 Å². The zero-order chi connectivity index (χ0) is 16.2. The molecule has 0 radical (unpaired) electrons. The van der Waals surface area contributed by atoms with Crippen molar-refractivity contribution in [1.29, 1.82) is 0 Å². The quantitative estimate of drug-likeness (QED) is 0.739. The van der Waals surface area contributed by atoms with E-state index in [4.69, 9.17) is 0 Å². The third-order valence-electron chi connectivity index (χ3n) is 2.91. The van der Waals surface area contributed by atoms with Gasteiger partial charge in [0.2, 0.25) is 5.91 Å². The SMILES string of the molecule is Cc1ccc(Nc2nc(CC(=O)Nc3ncc(C)s3)cs2)nc1. The molecule has 118 valence electrons. The van der Waals surface area contributed by atoms with E-state index in [0.717, 1.165) is 22.0 Å². The molecule has 2 N–H and O–H groups in total. The van der Waals surface area contributed by atoms with Crippen molar-refractivity contribution in [2.45, 2.75) is 20.3 Å². The Balaban J connectivity index is 1.58. The van der Waals surface area contributed by atoms with Crippen LogP contribution in [0.1, 0.15) is 16.1 Å². The number of aromatic nitrogens is 3. The third-order valence-corrected chi connectivity index (χ3v) is 4.54. The number of thiazole rings is 2. The molecule has 23 heavy (non-hydrogen) atoms. The zero-order valence-corrected chi connectivity index (χ0v) is 14.3. The molecule has 0 atom stereocenters. The molecule has 0 spiro atoms. The summed E-state index contributed by atoms with van der Waals surface area (Å²) in [5.74, 6) is 0.615. The van der Waals surface area contributed by atoms with Gasteiger partial charge in [-0.25, -0.2) is 15.0 Å². The van der Waals surface area contributed by atoms with E-state index in [1.165, 1.54) is 22.7 Å². The smallest absolute Gasteiger partial charge is 0.232 e. The molecule has 0 fully saturated rings. The second-order valence-corrected chi connectivity index (χ2v) is 7.08. The molecular formula is C15H15N5OS2. The maximum absolute atomic E-state index is 12.0. The standard InChI is InChI=1S/C15H15N5OS2/c1-9-3-4-12(16-6-9)19-15-18-11(8-22-15)5-13(21)20-14-17-7-10(2)23-14/h3-4,6-8H,5H2,1-2H3,(H,16,18,19)(H,17,20,21). The summed E-state index contributed by atoms with van der Waals surface area (Å²) < 4.78 is 0. The molecule has 3 heterocycles. The summed E-state index contributed by atoms with van der Waals surface area (Å²) in [6.45, 7) is 3.94. The molecule has 3 rings (SSSR count). The van der Waals surface area contributed by atoms with Crippen LogP contribution in [0.15, 0.2) is 29.9 Å². The monoisotopic (exact) mass is 345 g/mol. The van der Waals surface area contributed by atoms with Gasteiger partial charge in [-0.15, -0.1) is 22.7 Å². The summed E-state index contributed by atoms with van der Waals surface area (Å²) in [6, 6.07) is 3.88. The average molecular weight is 345 g/mol. The maximum atomic E-state index is 12.0. The average Bonchev–Trinajstić information content (AvgIpc) is 3.11. The molecule has 0 bridgehead atoms. The lowest BCUT2D eigenvalue weighted by Gasteiger charge is -2.01. The van der Waals surface area contributed by atoms with Crippen molar-refractivity contribution in [1.82, 2.24) is 15.0 Å². The Bertz CT molecular complexity index is 809. The normalized spacial score (nSPS) is 10.5. The van der Waals surface area contributed by atoms with Crippen LogP contribution in [0.4, 0.5) is 16.1 Å². The van der Waals surface area contributed by atoms with Crippen molar-refractivity contribution < 1.29 is 4.79 Å². The number of amides is 1. The molecule has 0 unspecified atom stereocenters. The highest BCUT2D eigenvalue weighted by Gasteiger charge is 2.10. The minimum atomic E-state index is -0.121. The number of hydrogen-bond acceptors (Lipinski definition) is 7. The van der Waals surface area contributed by atoms with E-state index in [9.17, 15) is 4.79 Å². The first-order valence-corrected chi connectivity index (χ1v) is 8.64. The summed E-state index contributed by atoms with van der Waals surface area (Å²) in [6.07, 6.45) is 3.75. The van der Waals surface area contributed by atoms with E-state index in [2.05, 4.69) is 25.6 Å². The summed E-state index contributed by atoms with van der Waals surface area (Å²) in [5.41, 5.74) is 1.82. The maximum Gasteiger partial charge on any atom is 0.232 e. The second-order valence-electron chi connectivity index (χ2n) is 4.99. The first-order chi connectivity index (χ1) is 11.1. The molecule has 3 aromatic heterocycles. The molecule has 0 saturated carbocycles. The molecule has 0 aliphatic carbocycles. The Morgan fingerprint density at radius 1 is 1.17 bits per heavy atom. The van der Waals surface area contributed by atoms with Gasteiger partial charge in [0.25, 0.3) is 0 Å². The van der Waals surface area contributed by atoms with E-state index in [-0.39, 0.29) is 12.3 Å². The number of pyridine rings is 1. The Labute approximate surface area is 141 Å². The van der Waals surface area contributed by atoms with Gasteiger partial charge in [-0.3, -0.25) is 4.79 Å². The summed E-state index contributed by atoms with van der Waals surface area (Å²) in [5, 5.41) is 9.11. The number of nitrogens with one attached hydrogen (secondary N) is 2. The molecule has 0 aliphatic heterocycles. The van der Waals surface area contributed by atoms with Crippen LogP contribution >= 0.6 is 22.7 Å². The number of aryl methyl sites for hydroxylation is 2. The topological polar surface area (TPSA) is 79.8 Å². The van der Waals surface area contributed by atoms with Crippen molar-refractivity contribution >= 4 is 44.7 Å². The zero-order valence-electron chi connectivity index (χ0n) is 12.7. The van der Waals surface area contributed by atoms with Crippen LogP contribution < -0.4 is 10.6 Å². The van der Waals surface area contributed by atoms with Crippen molar-refractivity contribution in [3.63, 3.8) is 0 Å². The fraction of sp³-hybridized carbons (Fsp3) is 0.200. The minimum absolute atomic E-state index is 0.121. The van der Waals surface area contributed by atoms with Crippen LogP contribution in [0.2, 0.25) is 0 Å². The van der Waals surface area contributed by atoms with Gasteiger partial charge in [0.05, 0.1) is 12.1 Å². The molecule has 6 nitrogen and oxygen atoms in total. The highest BCUT2D eigenvalue weighted by molar-refractivity contribution is 7.15. The summed E-state index contributed by atoms with van der Waals surface area (Å²) >= 11 is 2.90. The van der Waals surface area contributed by atoms with E-state index in [1.807, 2.05) is 31.4 Å². The van der Waals surface area contributed by atoms with Crippen LogP contribution in [0, 0.1) is 13.8 Å². The lowest BCUT2D eigenvalue weighted by Crippen LogP contribution is -2.14. The van der Waals surface area contributed by atoms with Gasteiger partial charge in [0.15, 0.2) is 10.3 Å². The minimum Gasteiger partial charge on any atom is -0.316 e. The van der Waals surface area contributed by atoms with Gasteiger partial charge >= 0.3 is 0 Å². The van der Waals surface area contributed by atoms with Gasteiger partial charge in [0, 0.05) is 22.7 Å².